The summed E-state index contributed by atoms with van der Waals surface area (Å²) in [6.07, 6.45) is 8.65. The van der Waals surface area contributed by atoms with Crippen LogP contribution in [0, 0.1) is 6.92 Å². The maximum absolute atomic E-state index is 10.6. The minimum Gasteiger partial charge on any atom is -0.365 e. The third kappa shape index (κ3) is 13.5. The van der Waals surface area contributed by atoms with Crippen molar-refractivity contribution in [1.29, 1.82) is 0 Å². The molecule has 29 heavy (non-hydrogen) atoms. The molecule has 4 rings (SSSR count). The first-order valence-corrected chi connectivity index (χ1v) is 8.41. The number of amides is 1. The van der Waals surface area contributed by atoms with Crippen LogP contribution in [0.2, 0.25) is 0 Å². The predicted octanol–water partition coefficient (Wildman–Crippen LogP) is 3.26. The zero-order valence-electron chi connectivity index (χ0n) is 16.2. The summed E-state index contributed by atoms with van der Waals surface area (Å²) in [4.78, 5) is 13.6. The fourth-order valence-electron chi connectivity index (χ4n) is 1.64. The summed E-state index contributed by atoms with van der Waals surface area (Å²) in [6.45, 7) is 3.33. The summed E-state index contributed by atoms with van der Waals surface area (Å²) in [7, 11) is 0. The zero-order valence-corrected chi connectivity index (χ0v) is 17.9. The van der Waals surface area contributed by atoms with Gasteiger partial charge in [0.15, 0.2) is 0 Å². The number of hydrogen-bond acceptors (Lipinski definition) is 5. The Bertz CT molecular complexity index is 784. The molecule has 0 saturated carbocycles. The summed E-state index contributed by atoms with van der Waals surface area (Å²) in [6, 6.07) is 18.1. The number of nitrogens with one attached hydrogen (secondary N) is 2. The number of rotatable bonds is 1. The number of benzene rings is 1. The molecule has 0 saturated heterocycles. The Kier molecular flexibility index (Phi) is 15.0. The fraction of sp³-hybridized carbons (Fsp3) is 0.100. The van der Waals surface area contributed by atoms with Crippen LogP contribution in [0.4, 0.5) is 5.69 Å². The summed E-state index contributed by atoms with van der Waals surface area (Å²) in [5, 5.41) is 23.0. The second kappa shape index (κ2) is 16.9. The van der Waals surface area contributed by atoms with Crippen molar-refractivity contribution < 1.29 is 10.0 Å². The van der Waals surface area contributed by atoms with E-state index in [0.29, 0.717) is 10.8 Å². The van der Waals surface area contributed by atoms with Crippen LogP contribution in [-0.4, -0.2) is 53.6 Å². The first-order valence-electron chi connectivity index (χ1n) is 8.41. The molecule has 3 heterocycles. The topological polar surface area (TPSA) is 111 Å². The number of hydroxylamine groups is 1. The van der Waals surface area contributed by atoms with Gasteiger partial charge in [-0.15, -0.1) is 0 Å². The first-order chi connectivity index (χ1) is 13.6. The molecular weight excluding hydrogens is 435 g/mol. The van der Waals surface area contributed by atoms with Crippen molar-refractivity contribution in [3.05, 3.63) is 97.3 Å². The van der Waals surface area contributed by atoms with Gasteiger partial charge in [0, 0.05) is 60.7 Å². The molecule has 8 nitrogen and oxygen atoms in total. The van der Waals surface area contributed by atoms with Crippen LogP contribution in [0.15, 0.2) is 91.6 Å². The molecule has 0 aliphatic heterocycles. The molecule has 4 aromatic rings. The Labute approximate surface area is 180 Å². The Hall–Kier alpha value is -3.26. The fourth-order valence-corrected chi connectivity index (χ4v) is 1.64. The van der Waals surface area contributed by atoms with Crippen molar-refractivity contribution in [2.45, 2.75) is 13.8 Å². The molecule has 0 bridgehead atoms. The van der Waals surface area contributed by atoms with Crippen LogP contribution in [0.1, 0.15) is 12.6 Å². The molecule has 1 aromatic carbocycles. The Morgan fingerprint density at radius 3 is 1.83 bits per heavy atom. The van der Waals surface area contributed by atoms with Gasteiger partial charge in [0.2, 0.25) is 5.91 Å². The van der Waals surface area contributed by atoms with Crippen LogP contribution in [0.3, 0.4) is 0 Å². The van der Waals surface area contributed by atoms with Crippen LogP contribution in [-0.2, 0) is 4.79 Å². The van der Waals surface area contributed by atoms with E-state index in [1.165, 1.54) is 12.6 Å². The molecule has 0 atom stereocenters. The molecule has 3 aromatic heterocycles. The van der Waals surface area contributed by atoms with Gasteiger partial charge in [0.05, 0.1) is 5.69 Å². The molecule has 0 spiro atoms. The van der Waals surface area contributed by atoms with E-state index in [0.717, 1.165) is 0 Å². The Morgan fingerprint density at radius 1 is 0.897 bits per heavy atom. The normalized spacial score (nSPS) is 8.38. The number of anilines is 1. The maximum Gasteiger partial charge on any atom is 0.247 e. The van der Waals surface area contributed by atoms with E-state index in [1.54, 1.807) is 49.1 Å². The Balaban J connectivity index is 0.000000376. The van der Waals surface area contributed by atoms with Crippen LogP contribution in [0.25, 0.3) is 0 Å². The van der Waals surface area contributed by atoms with E-state index in [9.17, 15) is 4.79 Å². The monoisotopic (exact) mass is 460 g/mol. The number of nitrogens with zero attached hydrogens (tertiary/aromatic N) is 4. The van der Waals surface area contributed by atoms with Crippen molar-refractivity contribution in [3.63, 3.8) is 0 Å². The maximum atomic E-state index is 10.6. The second-order valence-corrected chi connectivity index (χ2v) is 5.20. The average Bonchev–Trinajstić information content (AvgIpc) is 3.47. The number of aromatic amines is 2. The quantitative estimate of drug-likeness (QED) is 0.230. The van der Waals surface area contributed by atoms with E-state index in [-0.39, 0.29) is 17.1 Å². The number of aryl methyl sites for hydroxylation is 1. The second-order valence-electron chi connectivity index (χ2n) is 5.20. The summed E-state index contributed by atoms with van der Waals surface area (Å²) < 4.78 is 0. The van der Waals surface area contributed by atoms with Crippen LogP contribution < -0.4 is 5.06 Å². The number of aromatic nitrogens is 5. The SMILES string of the molecule is CC(=O)N(O)c1ccccc1.Cc1ccc[nH]1.[Se].c1ccnnc1.c1cn[nH]c1. The summed E-state index contributed by atoms with van der Waals surface area (Å²) in [5.41, 5.74) is 1.70. The molecule has 0 aliphatic carbocycles. The molecule has 152 valence electrons. The largest absolute Gasteiger partial charge is 0.365 e. The van der Waals surface area contributed by atoms with Gasteiger partial charge >= 0.3 is 0 Å². The predicted molar refractivity (Wildman–Crippen MR) is 113 cm³/mol. The third-order valence-electron chi connectivity index (χ3n) is 2.94. The van der Waals surface area contributed by atoms with Gasteiger partial charge in [0.1, 0.15) is 0 Å². The standard InChI is InChI=1S/C8H9NO2.C5H7N.C4H4N2.C3H4N2.Se/c1-7(10)9(11)8-5-3-2-4-6-8;1-5-3-2-4-6-5;1-2-4-6-5-3-1;1-2-4-5-3-1;/h2-6,11H,1H3;2-4,6H,1H3;1-4H;1-3H,(H,4,5);. The number of H-pyrrole nitrogens is 2. The Morgan fingerprint density at radius 2 is 1.55 bits per heavy atom. The molecule has 3 N–H and O–H groups in total. The van der Waals surface area contributed by atoms with Gasteiger partial charge in [-0.05, 0) is 49.4 Å². The number of hydrogen-bond donors (Lipinski definition) is 3. The van der Waals surface area contributed by atoms with Crippen molar-refractivity contribution in [1.82, 2.24) is 25.4 Å². The van der Waals surface area contributed by atoms with Crippen molar-refractivity contribution >= 4 is 28.7 Å². The van der Waals surface area contributed by atoms with Gasteiger partial charge < -0.3 is 4.98 Å². The van der Waals surface area contributed by atoms with E-state index in [2.05, 4.69) is 25.4 Å². The third-order valence-corrected chi connectivity index (χ3v) is 2.94. The van der Waals surface area contributed by atoms with Crippen molar-refractivity contribution in [2.75, 3.05) is 5.06 Å². The molecule has 0 fully saturated rings. The number of carbonyl (C=O) groups excluding carboxylic acids is 1. The number of para-hydroxylation sites is 1. The van der Waals surface area contributed by atoms with Gasteiger partial charge in [-0.25, -0.2) is 0 Å². The van der Waals surface area contributed by atoms with Crippen LogP contribution >= 0.6 is 0 Å². The van der Waals surface area contributed by atoms with Crippen molar-refractivity contribution in [2.24, 2.45) is 0 Å². The van der Waals surface area contributed by atoms with E-state index in [1.807, 2.05) is 49.5 Å². The minimum absolute atomic E-state index is 0. The smallest absolute Gasteiger partial charge is 0.247 e. The molecule has 0 unspecified atom stereocenters. The molecule has 1 amide bonds. The van der Waals surface area contributed by atoms with Gasteiger partial charge in [-0.3, -0.25) is 15.1 Å². The van der Waals surface area contributed by atoms with Gasteiger partial charge in [-0.1, -0.05) is 18.2 Å². The molecular formula is C20H24N6O2Se. The van der Waals surface area contributed by atoms with Gasteiger partial charge in [-0.2, -0.15) is 20.4 Å². The van der Waals surface area contributed by atoms with E-state index >= 15 is 0 Å². The number of carbonyl (C=O) groups is 1. The van der Waals surface area contributed by atoms with Gasteiger partial charge in [0.25, 0.3) is 0 Å². The van der Waals surface area contributed by atoms with Crippen LogP contribution in [0.5, 0.6) is 0 Å². The first kappa shape index (κ1) is 25.7. The van der Waals surface area contributed by atoms with E-state index < -0.39 is 5.91 Å². The van der Waals surface area contributed by atoms with E-state index in [4.69, 9.17) is 5.21 Å². The molecule has 0 aliphatic rings. The minimum atomic E-state index is -0.392. The molecule has 9 heteroatoms. The average molecular weight is 459 g/mol. The van der Waals surface area contributed by atoms with Crippen molar-refractivity contribution in [3.8, 4) is 0 Å². The molecule has 2 radical (unpaired) electrons. The zero-order chi connectivity index (χ0) is 20.5. The summed E-state index contributed by atoms with van der Waals surface area (Å²) >= 11 is 0. The summed E-state index contributed by atoms with van der Waals surface area (Å²) in [5.74, 6) is -0.392.